The van der Waals surface area contributed by atoms with E-state index in [-0.39, 0.29) is 5.82 Å². The Balaban J connectivity index is 1.37. The zero-order valence-corrected chi connectivity index (χ0v) is 20.1. The summed E-state index contributed by atoms with van der Waals surface area (Å²) >= 11 is 0. The minimum atomic E-state index is -0.501. The second-order valence-electron chi connectivity index (χ2n) is 9.25. The zero-order valence-electron chi connectivity index (χ0n) is 19.0. The molecule has 1 saturated heterocycles. The molecule has 0 N–H and O–H groups in total. The molecular weight excluding hydrogens is 409 g/mol. The van der Waals surface area contributed by atoms with Gasteiger partial charge in [0.05, 0.1) is 11.6 Å². The summed E-state index contributed by atoms with van der Waals surface area (Å²) in [4.78, 5) is 0. The van der Waals surface area contributed by atoms with Crippen LogP contribution in [0.1, 0.15) is 54.4 Å². The largest absolute Gasteiger partial charge is 0.206 e. The van der Waals surface area contributed by atoms with E-state index in [9.17, 15) is 0 Å². The van der Waals surface area contributed by atoms with Crippen LogP contribution in [0.15, 0.2) is 66.7 Å². The summed E-state index contributed by atoms with van der Waals surface area (Å²) < 4.78 is 15.0. The molecule has 1 aliphatic rings. The van der Waals surface area contributed by atoms with Gasteiger partial charge in [-0.3, -0.25) is 0 Å². The third kappa shape index (κ3) is 5.55. The Bertz CT molecular complexity index is 1060. The van der Waals surface area contributed by atoms with Crippen molar-refractivity contribution in [1.29, 1.82) is 5.26 Å². The summed E-state index contributed by atoms with van der Waals surface area (Å²) in [6.45, 7) is 2.30. The fourth-order valence-electron chi connectivity index (χ4n) is 5.10. The Kier molecular flexibility index (Phi) is 7.55. The molecule has 0 aromatic heterocycles. The second-order valence-corrected chi connectivity index (χ2v) is 12.7. The van der Waals surface area contributed by atoms with Gasteiger partial charge in [-0.05, 0) is 72.1 Å². The van der Waals surface area contributed by atoms with E-state index in [0.29, 0.717) is 17.0 Å². The van der Waals surface area contributed by atoms with Crippen molar-refractivity contribution in [3.63, 3.8) is 0 Å². The summed E-state index contributed by atoms with van der Waals surface area (Å²) in [6, 6.07) is 28.4. The van der Waals surface area contributed by atoms with E-state index in [1.54, 1.807) is 6.07 Å². The van der Waals surface area contributed by atoms with Crippen LogP contribution in [0.4, 0.5) is 4.39 Å². The summed E-state index contributed by atoms with van der Waals surface area (Å²) in [5, 5.41) is 8.91. The van der Waals surface area contributed by atoms with E-state index < -0.39 is 8.80 Å². The molecule has 0 spiro atoms. The van der Waals surface area contributed by atoms with E-state index in [1.165, 1.54) is 54.1 Å². The van der Waals surface area contributed by atoms with E-state index in [1.807, 2.05) is 42.5 Å². The lowest BCUT2D eigenvalue weighted by atomic mass is 9.91. The standard InChI is InChI=1S/C29H32FNSi/c1-2-17-32-18-15-25(16-19-32)27-13-14-28(29(30)20-27)26-11-9-23(10-12-26)4-3-22-5-7-24(21-31)8-6-22/h5-14,20,25,32H,2-4,15-19H2,1H3/t25-,32-. The number of halogens is 1. The normalized spacial score (nSPS) is 18.3. The molecule has 164 valence electrons. The molecule has 3 aromatic carbocycles. The first kappa shape index (κ1) is 22.5. The van der Waals surface area contributed by atoms with Crippen LogP contribution in [-0.2, 0) is 12.8 Å². The van der Waals surface area contributed by atoms with Crippen LogP contribution in [0, 0.1) is 17.1 Å². The topological polar surface area (TPSA) is 23.8 Å². The van der Waals surface area contributed by atoms with Crippen molar-refractivity contribution in [1.82, 2.24) is 0 Å². The highest BCUT2D eigenvalue weighted by atomic mass is 28.3. The van der Waals surface area contributed by atoms with Gasteiger partial charge in [-0.15, -0.1) is 0 Å². The maximum absolute atomic E-state index is 15.0. The summed E-state index contributed by atoms with van der Waals surface area (Å²) in [7, 11) is -0.501. The average molecular weight is 442 g/mol. The SMILES string of the molecule is CCC[Si@H]1CC[C@H](c2ccc(-c3ccc(CCc4ccc(C#N)cc4)cc3)c(F)c2)CC1. The van der Waals surface area contributed by atoms with Crippen molar-refractivity contribution in [2.45, 2.75) is 63.1 Å². The number of nitriles is 1. The lowest BCUT2D eigenvalue weighted by Gasteiger charge is -2.28. The molecule has 0 unspecified atom stereocenters. The fraction of sp³-hybridized carbons (Fsp3) is 0.345. The quantitative estimate of drug-likeness (QED) is 0.345. The van der Waals surface area contributed by atoms with E-state index in [0.717, 1.165) is 18.4 Å². The van der Waals surface area contributed by atoms with Crippen LogP contribution in [0.25, 0.3) is 11.1 Å². The second kappa shape index (κ2) is 10.7. The van der Waals surface area contributed by atoms with Gasteiger partial charge in [0.2, 0.25) is 0 Å². The Hall–Kier alpha value is -2.70. The van der Waals surface area contributed by atoms with Crippen LogP contribution in [0.5, 0.6) is 0 Å². The summed E-state index contributed by atoms with van der Waals surface area (Å²) in [6.07, 6.45) is 5.70. The molecule has 1 nitrogen and oxygen atoms in total. The molecule has 0 atom stereocenters. The molecule has 3 heteroatoms. The van der Waals surface area contributed by atoms with Crippen molar-refractivity contribution < 1.29 is 4.39 Å². The molecular formula is C29H32FNSi. The number of nitrogens with zero attached hydrogens (tertiary/aromatic N) is 1. The number of hydrogen-bond acceptors (Lipinski definition) is 1. The predicted octanol–water partition coefficient (Wildman–Crippen LogP) is 7.66. The molecule has 3 aromatic rings. The maximum atomic E-state index is 15.0. The van der Waals surface area contributed by atoms with Crippen molar-refractivity contribution >= 4 is 8.80 Å². The van der Waals surface area contributed by atoms with Gasteiger partial charge in [0.1, 0.15) is 5.82 Å². The number of hydrogen-bond donors (Lipinski definition) is 0. The highest BCUT2D eigenvalue weighted by Crippen LogP contribution is 2.36. The first-order valence-electron chi connectivity index (χ1n) is 12.0. The number of benzene rings is 3. The highest BCUT2D eigenvalue weighted by Gasteiger charge is 2.23. The minimum Gasteiger partial charge on any atom is -0.206 e. The van der Waals surface area contributed by atoms with Gasteiger partial charge in [0.15, 0.2) is 0 Å². The van der Waals surface area contributed by atoms with Crippen molar-refractivity contribution in [2.75, 3.05) is 0 Å². The van der Waals surface area contributed by atoms with Crippen molar-refractivity contribution in [3.05, 3.63) is 94.8 Å². The van der Waals surface area contributed by atoms with E-state index in [2.05, 4.69) is 31.2 Å². The Morgan fingerprint density at radius 1 is 0.906 bits per heavy atom. The molecule has 1 heterocycles. The lowest BCUT2D eigenvalue weighted by molar-refractivity contribution is 0.589. The Morgan fingerprint density at radius 3 is 2.09 bits per heavy atom. The van der Waals surface area contributed by atoms with Gasteiger partial charge < -0.3 is 0 Å². The third-order valence-electron chi connectivity index (χ3n) is 7.06. The predicted molar refractivity (Wildman–Crippen MR) is 134 cm³/mol. The number of aryl methyl sites for hydroxylation is 2. The van der Waals surface area contributed by atoms with Crippen LogP contribution < -0.4 is 0 Å². The number of rotatable bonds is 7. The first-order chi connectivity index (χ1) is 15.7. The molecule has 32 heavy (non-hydrogen) atoms. The summed E-state index contributed by atoms with van der Waals surface area (Å²) in [5.74, 6) is 0.449. The maximum Gasteiger partial charge on any atom is 0.131 e. The minimum absolute atomic E-state index is 0.0965. The van der Waals surface area contributed by atoms with Crippen LogP contribution >= 0.6 is 0 Å². The molecule has 1 aliphatic heterocycles. The molecule has 0 saturated carbocycles. The van der Waals surface area contributed by atoms with Gasteiger partial charge >= 0.3 is 0 Å². The summed E-state index contributed by atoms with van der Waals surface area (Å²) in [5.41, 5.74) is 5.98. The molecule has 0 aliphatic carbocycles. The van der Waals surface area contributed by atoms with E-state index >= 15 is 4.39 Å². The van der Waals surface area contributed by atoms with Crippen LogP contribution in [0.3, 0.4) is 0 Å². The molecule has 0 bridgehead atoms. The Morgan fingerprint density at radius 2 is 1.53 bits per heavy atom. The first-order valence-corrected chi connectivity index (χ1v) is 14.5. The smallest absolute Gasteiger partial charge is 0.131 e. The average Bonchev–Trinajstić information content (AvgIpc) is 2.84. The lowest BCUT2D eigenvalue weighted by Crippen LogP contribution is -2.20. The monoisotopic (exact) mass is 441 g/mol. The van der Waals surface area contributed by atoms with Crippen LogP contribution in [-0.4, -0.2) is 8.80 Å². The zero-order chi connectivity index (χ0) is 22.3. The molecule has 1 fully saturated rings. The van der Waals surface area contributed by atoms with E-state index in [4.69, 9.17) is 5.26 Å². The van der Waals surface area contributed by atoms with Gasteiger partial charge in [-0.1, -0.05) is 80.0 Å². The van der Waals surface area contributed by atoms with Crippen molar-refractivity contribution in [3.8, 4) is 17.2 Å². The van der Waals surface area contributed by atoms with Gasteiger partial charge in [-0.25, -0.2) is 4.39 Å². The van der Waals surface area contributed by atoms with Gasteiger partial charge in [0.25, 0.3) is 0 Å². The van der Waals surface area contributed by atoms with Gasteiger partial charge in [0, 0.05) is 14.4 Å². The van der Waals surface area contributed by atoms with Crippen LogP contribution in [0.2, 0.25) is 18.1 Å². The van der Waals surface area contributed by atoms with Crippen molar-refractivity contribution in [2.24, 2.45) is 0 Å². The molecule has 4 rings (SSSR count). The molecule has 0 amide bonds. The third-order valence-corrected chi connectivity index (χ3v) is 10.8. The molecule has 0 radical (unpaired) electrons. The fourth-order valence-corrected chi connectivity index (χ4v) is 8.53. The van der Waals surface area contributed by atoms with Gasteiger partial charge in [-0.2, -0.15) is 5.26 Å². The Labute approximate surface area is 193 Å². The highest BCUT2D eigenvalue weighted by molar-refractivity contribution is 6.59.